The lowest BCUT2D eigenvalue weighted by molar-refractivity contribution is 0.304. The van der Waals surface area contributed by atoms with Crippen LogP contribution < -0.4 is 11.1 Å². The van der Waals surface area contributed by atoms with E-state index < -0.39 is 0 Å². The summed E-state index contributed by atoms with van der Waals surface area (Å²) in [5.41, 5.74) is 7.90. The Labute approximate surface area is 105 Å². The third-order valence-corrected chi connectivity index (χ3v) is 3.36. The van der Waals surface area contributed by atoms with Crippen molar-refractivity contribution >= 4 is 5.69 Å². The standard InChI is InChI=1S/C14H25N3/c1-10(2)13(11(3)4)9-17-14-5-6-16-8-12(14)7-15/h5-6,8,10-11,13H,7,9,15H2,1-4H3,(H,16,17). The fourth-order valence-electron chi connectivity index (χ4n) is 2.23. The van der Waals surface area contributed by atoms with Crippen LogP contribution in [0.3, 0.4) is 0 Å². The van der Waals surface area contributed by atoms with E-state index >= 15 is 0 Å². The zero-order valence-electron chi connectivity index (χ0n) is 11.4. The van der Waals surface area contributed by atoms with Crippen molar-refractivity contribution in [1.29, 1.82) is 0 Å². The fraction of sp³-hybridized carbons (Fsp3) is 0.643. The van der Waals surface area contributed by atoms with Crippen LogP contribution in [0.4, 0.5) is 5.69 Å². The number of anilines is 1. The number of nitrogens with two attached hydrogens (primary N) is 1. The van der Waals surface area contributed by atoms with E-state index in [2.05, 4.69) is 38.0 Å². The van der Waals surface area contributed by atoms with Gasteiger partial charge in [0.05, 0.1) is 0 Å². The van der Waals surface area contributed by atoms with Gasteiger partial charge in [-0.05, 0) is 23.8 Å². The van der Waals surface area contributed by atoms with Crippen LogP contribution in [0.25, 0.3) is 0 Å². The van der Waals surface area contributed by atoms with E-state index in [1.165, 1.54) is 0 Å². The van der Waals surface area contributed by atoms with Crippen molar-refractivity contribution in [3.05, 3.63) is 24.0 Å². The molecule has 0 amide bonds. The molecule has 3 heteroatoms. The number of aromatic nitrogens is 1. The maximum Gasteiger partial charge on any atom is 0.0416 e. The fourth-order valence-corrected chi connectivity index (χ4v) is 2.23. The minimum absolute atomic E-state index is 0.532. The van der Waals surface area contributed by atoms with E-state index in [0.29, 0.717) is 24.3 Å². The molecule has 0 bridgehead atoms. The monoisotopic (exact) mass is 235 g/mol. The van der Waals surface area contributed by atoms with Crippen LogP contribution in [0.2, 0.25) is 0 Å². The van der Waals surface area contributed by atoms with Gasteiger partial charge in [-0.25, -0.2) is 0 Å². The molecule has 1 heterocycles. The molecule has 0 saturated heterocycles. The molecule has 0 radical (unpaired) electrons. The molecule has 0 unspecified atom stereocenters. The molecule has 0 fully saturated rings. The largest absolute Gasteiger partial charge is 0.384 e. The van der Waals surface area contributed by atoms with Gasteiger partial charge < -0.3 is 11.1 Å². The lowest BCUT2D eigenvalue weighted by Gasteiger charge is -2.26. The average Bonchev–Trinajstić information content (AvgIpc) is 2.29. The maximum atomic E-state index is 5.70. The number of hydrogen-bond acceptors (Lipinski definition) is 3. The number of nitrogens with zero attached hydrogens (tertiary/aromatic N) is 1. The van der Waals surface area contributed by atoms with Gasteiger partial charge >= 0.3 is 0 Å². The molecule has 1 aromatic heterocycles. The Morgan fingerprint density at radius 1 is 1.24 bits per heavy atom. The summed E-state index contributed by atoms with van der Waals surface area (Å²) in [5, 5.41) is 3.51. The van der Waals surface area contributed by atoms with Gasteiger partial charge in [-0.2, -0.15) is 0 Å². The lowest BCUT2D eigenvalue weighted by atomic mass is 9.85. The smallest absolute Gasteiger partial charge is 0.0416 e. The minimum atomic E-state index is 0.532. The molecule has 3 nitrogen and oxygen atoms in total. The van der Waals surface area contributed by atoms with Crippen molar-refractivity contribution in [2.45, 2.75) is 34.2 Å². The van der Waals surface area contributed by atoms with Gasteiger partial charge in [0.1, 0.15) is 0 Å². The molecule has 0 aliphatic heterocycles. The Morgan fingerprint density at radius 3 is 2.41 bits per heavy atom. The molecule has 1 aromatic rings. The van der Waals surface area contributed by atoms with Crippen LogP contribution in [0.5, 0.6) is 0 Å². The topological polar surface area (TPSA) is 50.9 Å². The van der Waals surface area contributed by atoms with Crippen molar-refractivity contribution in [2.24, 2.45) is 23.5 Å². The van der Waals surface area contributed by atoms with Crippen molar-refractivity contribution < 1.29 is 0 Å². The number of pyridine rings is 1. The second kappa shape index (κ2) is 6.60. The van der Waals surface area contributed by atoms with Gasteiger partial charge in [0.2, 0.25) is 0 Å². The first-order valence-corrected chi connectivity index (χ1v) is 6.43. The second-order valence-electron chi connectivity index (χ2n) is 5.27. The zero-order valence-corrected chi connectivity index (χ0v) is 11.4. The highest BCUT2D eigenvalue weighted by molar-refractivity contribution is 5.49. The summed E-state index contributed by atoms with van der Waals surface area (Å²) in [5.74, 6) is 2.05. The maximum absolute atomic E-state index is 5.70. The quantitative estimate of drug-likeness (QED) is 0.797. The predicted molar refractivity (Wildman–Crippen MR) is 73.8 cm³/mol. The summed E-state index contributed by atoms with van der Waals surface area (Å²) in [6.07, 6.45) is 3.64. The molecular formula is C14H25N3. The Balaban J connectivity index is 2.65. The highest BCUT2D eigenvalue weighted by Crippen LogP contribution is 2.22. The lowest BCUT2D eigenvalue weighted by Crippen LogP contribution is -2.25. The van der Waals surface area contributed by atoms with Crippen molar-refractivity contribution in [2.75, 3.05) is 11.9 Å². The zero-order chi connectivity index (χ0) is 12.8. The molecule has 3 N–H and O–H groups in total. The normalized spacial score (nSPS) is 11.5. The number of hydrogen-bond donors (Lipinski definition) is 2. The van der Waals surface area contributed by atoms with Gasteiger partial charge in [0.25, 0.3) is 0 Å². The predicted octanol–water partition coefficient (Wildman–Crippen LogP) is 2.88. The molecular weight excluding hydrogens is 210 g/mol. The minimum Gasteiger partial charge on any atom is -0.384 e. The first-order chi connectivity index (χ1) is 8.06. The van der Waals surface area contributed by atoms with Crippen LogP contribution in [-0.2, 0) is 6.54 Å². The summed E-state index contributed by atoms with van der Waals surface area (Å²) in [7, 11) is 0. The van der Waals surface area contributed by atoms with Crippen LogP contribution in [-0.4, -0.2) is 11.5 Å². The van der Waals surface area contributed by atoms with Crippen LogP contribution in [0.15, 0.2) is 18.5 Å². The second-order valence-corrected chi connectivity index (χ2v) is 5.27. The van der Waals surface area contributed by atoms with Gasteiger partial charge in [0.15, 0.2) is 0 Å². The summed E-state index contributed by atoms with van der Waals surface area (Å²) in [4.78, 5) is 4.09. The molecule has 0 aromatic carbocycles. The van der Waals surface area contributed by atoms with E-state index in [0.717, 1.165) is 17.8 Å². The van der Waals surface area contributed by atoms with Gasteiger partial charge in [-0.15, -0.1) is 0 Å². The highest BCUT2D eigenvalue weighted by atomic mass is 14.9. The SMILES string of the molecule is CC(C)C(CNc1ccncc1CN)C(C)C. The summed E-state index contributed by atoms with van der Waals surface area (Å²) in [6, 6.07) is 2.00. The Hall–Kier alpha value is -1.09. The molecule has 0 aliphatic rings. The van der Waals surface area contributed by atoms with Crippen LogP contribution in [0, 0.1) is 17.8 Å². The van der Waals surface area contributed by atoms with E-state index in [-0.39, 0.29) is 0 Å². The van der Waals surface area contributed by atoms with Crippen molar-refractivity contribution in [3.8, 4) is 0 Å². The molecule has 0 spiro atoms. The third kappa shape index (κ3) is 4.00. The van der Waals surface area contributed by atoms with Crippen molar-refractivity contribution in [3.63, 3.8) is 0 Å². The molecule has 0 saturated carbocycles. The third-order valence-electron chi connectivity index (χ3n) is 3.36. The Morgan fingerprint density at radius 2 is 1.88 bits per heavy atom. The first kappa shape index (κ1) is 14.0. The van der Waals surface area contributed by atoms with E-state index in [1.807, 2.05) is 12.3 Å². The van der Waals surface area contributed by atoms with Gasteiger partial charge in [-0.1, -0.05) is 27.7 Å². The van der Waals surface area contributed by atoms with Crippen molar-refractivity contribution in [1.82, 2.24) is 4.98 Å². The molecule has 1 rings (SSSR count). The first-order valence-electron chi connectivity index (χ1n) is 6.43. The Kier molecular flexibility index (Phi) is 5.42. The van der Waals surface area contributed by atoms with Gasteiger partial charge in [-0.3, -0.25) is 4.98 Å². The van der Waals surface area contributed by atoms with Gasteiger partial charge in [0, 0.05) is 36.7 Å². The number of rotatable bonds is 6. The van der Waals surface area contributed by atoms with E-state index in [4.69, 9.17) is 5.73 Å². The van der Waals surface area contributed by atoms with E-state index in [9.17, 15) is 0 Å². The molecule has 0 atom stereocenters. The molecule has 96 valence electrons. The summed E-state index contributed by atoms with van der Waals surface area (Å²) in [6.45, 7) is 10.6. The molecule has 17 heavy (non-hydrogen) atoms. The van der Waals surface area contributed by atoms with E-state index in [1.54, 1.807) is 6.20 Å². The highest BCUT2D eigenvalue weighted by Gasteiger charge is 2.17. The molecule has 0 aliphatic carbocycles. The average molecular weight is 235 g/mol. The Bertz CT molecular complexity index is 326. The summed E-state index contributed by atoms with van der Waals surface area (Å²) >= 11 is 0. The number of nitrogens with one attached hydrogen (secondary N) is 1. The van der Waals surface area contributed by atoms with Crippen LogP contribution in [0.1, 0.15) is 33.3 Å². The summed E-state index contributed by atoms with van der Waals surface area (Å²) < 4.78 is 0. The van der Waals surface area contributed by atoms with Crippen LogP contribution >= 0.6 is 0 Å².